The van der Waals surface area contributed by atoms with Gasteiger partial charge in [-0.1, -0.05) is 19.3 Å². The molecule has 124 valence electrons. The van der Waals surface area contributed by atoms with Crippen molar-refractivity contribution in [1.82, 2.24) is 24.6 Å². The van der Waals surface area contributed by atoms with Crippen LogP contribution in [-0.4, -0.2) is 24.6 Å². The molecule has 0 bridgehead atoms. The molecular weight excluding hydrogens is 300 g/mol. The minimum atomic E-state index is 0.568. The molecule has 0 amide bonds. The van der Waals surface area contributed by atoms with Crippen LogP contribution < -0.4 is 5.32 Å². The summed E-state index contributed by atoms with van der Waals surface area (Å²) < 4.78 is 1.89. The number of anilines is 1. The first-order valence-electron chi connectivity index (χ1n) is 8.64. The van der Waals surface area contributed by atoms with E-state index >= 15 is 0 Å². The van der Waals surface area contributed by atoms with Crippen molar-refractivity contribution in [1.29, 1.82) is 0 Å². The summed E-state index contributed by atoms with van der Waals surface area (Å²) in [4.78, 5) is 13.0. The Balaban J connectivity index is 1.67. The van der Waals surface area contributed by atoms with E-state index in [9.17, 15) is 0 Å². The highest BCUT2D eigenvalue weighted by Crippen LogP contribution is 2.33. The number of hydrogen-bond donors (Lipinski definition) is 1. The lowest BCUT2D eigenvalue weighted by Crippen LogP contribution is -2.11. The van der Waals surface area contributed by atoms with Gasteiger partial charge in [-0.2, -0.15) is 9.61 Å². The zero-order valence-electron chi connectivity index (χ0n) is 13.9. The van der Waals surface area contributed by atoms with Gasteiger partial charge >= 0.3 is 0 Å². The summed E-state index contributed by atoms with van der Waals surface area (Å²) in [7, 11) is 0. The highest BCUT2D eigenvalue weighted by molar-refractivity contribution is 5.54. The quantitative estimate of drug-likeness (QED) is 0.796. The maximum Gasteiger partial charge on any atom is 0.160 e. The number of hydrogen-bond acceptors (Lipinski definition) is 5. The van der Waals surface area contributed by atoms with Gasteiger partial charge in [-0.3, -0.25) is 0 Å². The van der Waals surface area contributed by atoms with Gasteiger partial charge in [0.1, 0.15) is 12.1 Å². The molecule has 1 aliphatic carbocycles. The highest BCUT2D eigenvalue weighted by Gasteiger charge is 2.19. The van der Waals surface area contributed by atoms with E-state index < -0.39 is 0 Å². The molecule has 3 aromatic heterocycles. The molecule has 3 aromatic rings. The summed E-state index contributed by atoms with van der Waals surface area (Å²) >= 11 is 0. The lowest BCUT2D eigenvalue weighted by atomic mass is 9.87. The van der Waals surface area contributed by atoms with Crippen LogP contribution in [0.15, 0.2) is 31.0 Å². The van der Waals surface area contributed by atoms with E-state index in [2.05, 4.69) is 33.4 Å². The summed E-state index contributed by atoms with van der Waals surface area (Å²) in [6, 6.07) is 2.17. The zero-order valence-corrected chi connectivity index (χ0v) is 13.9. The minimum absolute atomic E-state index is 0.568. The van der Waals surface area contributed by atoms with E-state index in [4.69, 9.17) is 4.98 Å². The molecule has 0 saturated heterocycles. The molecule has 6 heteroatoms. The van der Waals surface area contributed by atoms with E-state index in [-0.39, 0.29) is 0 Å². The molecule has 24 heavy (non-hydrogen) atoms. The second-order valence-corrected chi connectivity index (χ2v) is 6.56. The number of nitrogens with one attached hydrogen (secondary N) is 1. The Labute approximate surface area is 141 Å². The van der Waals surface area contributed by atoms with Gasteiger partial charge in [0, 0.05) is 47.7 Å². The van der Waals surface area contributed by atoms with Gasteiger partial charge in [0.05, 0.1) is 6.20 Å². The molecule has 0 aromatic carbocycles. The first kappa shape index (κ1) is 15.1. The summed E-state index contributed by atoms with van der Waals surface area (Å²) in [6.07, 6.45) is 13.5. The van der Waals surface area contributed by atoms with Gasteiger partial charge in [0.25, 0.3) is 0 Å². The summed E-state index contributed by atoms with van der Waals surface area (Å²) in [5.41, 5.74) is 4.30. The van der Waals surface area contributed by atoms with Crippen molar-refractivity contribution in [3.8, 4) is 0 Å². The van der Waals surface area contributed by atoms with Crippen LogP contribution in [0.5, 0.6) is 0 Å². The second-order valence-electron chi connectivity index (χ2n) is 6.56. The highest BCUT2D eigenvalue weighted by atomic mass is 15.3. The summed E-state index contributed by atoms with van der Waals surface area (Å²) in [6.45, 7) is 2.73. The summed E-state index contributed by atoms with van der Waals surface area (Å²) in [5, 5.41) is 7.95. The third-order valence-corrected chi connectivity index (χ3v) is 4.78. The fourth-order valence-corrected chi connectivity index (χ4v) is 3.44. The number of rotatable bonds is 4. The number of aryl methyl sites for hydroxylation is 1. The molecule has 0 spiro atoms. The SMILES string of the molecule is Cc1cnn2c(NCc3cncnc3)cc(C3CCCCC3)nc12. The molecule has 3 heterocycles. The van der Waals surface area contributed by atoms with Crippen LogP contribution in [0.25, 0.3) is 5.65 Å². The van der Waals surface area contributed by atoms with Crippen molar-refractivity contribution in [2.24, 2.45) is 0 Å². The van der Waals surface area contributed by atoms with Gasteiger partial charge in [-0.05, 0) is 19.8 Å². The molecule has 0 aliphatic heterocycles. The maximum atomic E-state index is 4.91. The third-order valence-electron chi connectivity index (χ3n) is 4.78. The Morgan fingerprint density at radius 1 is 1.12 bits per heavy atom. The van der Waals surface area contributed by atoms with E-state index in [1.54, 1.807) is 6.33 Å². The van der Waals surface area contributed by atoms with Crippen LogP contribution in [0.2, 0.25) is 0 Å². The zero-order chi connectivity index (χ0) is 16.4. The first-order valence-corrected chi connectivity index (χ1v) is 8.64. The number of fused-ring (bicyclic) bond motifs is 1. The second kappa shape index (κ2) is 6.55. The minimum Gasteiger partial charge on any atom is -0.366 e. The molecule has 1 aliphatic rings. The molecule has 1 N–H and O–H groups in total. The van der Waals surface area contributed by atoms with Crippen LogP contribution in [-0.2, 0) is 6.54 Å². The monoisotopic (exact) mass is 322 g/mol. The smallest absolute Gasteiger partial charge is 0.160 e. The van der Waals surface area contributed by atoms with E-state index in [0.29, 0.717) is 12.5 Å². The van der Waals surface area contributed by atoms with Crippen molar-refractivity contribution < 1.29 is 0 Å². The van der Waals surface area contributed by atoms with E-state index in [1.165, 1.54) is 37.8 Å². The normalized spacial score (nSPS) is 15.7. The fraction of sp³-hybridized carbons (Fsp3) is 0.444. The molecule has 4 rings (SSSR count). The average Bonchev–Trinajstić information content (AvgIpc) is 3.02. The lowest BCUT2D eigenvalue weighted by molar-refractivity contribution is 0.437. The van der Waals surface area contributed by atoms with Crippen molar-refractivity contribution in [2.45, 2.75) is 51.5 Å². The molecular formula is C18H22N6. The Morgan fingerprint density at radius 3 is 2.71 bits per heavy atom. The molecule has 0 unspecified atom stereocenters. The fourth-order valence-electron chi connectivity index (χ4n) is 3.44. The van der Waals surface area contributed by atoms with Gasteiger partial charge in [0.2, 0.25) is 0 Å². The number of nitrogens with zero attached hydrogens (tertiary/aromatic N) is 5. The van der Waals surface area contributed by atoms with Crippen molar-refractivity contribution in [2.75, 3.05) is 5.32 Å². The first-order chi connectivity index (χ1) is 11.8. The molecule has 6 nitrogen and oxygen atoms in total. The standard InChI is InChI=1S/C18H22N6/c1-13-8-22-24-17(21-11-14-9-19-12-20-10-14)7-16(23-18(13)24)15-5-3-2-4-6-15/h7-10,12,15,21H,2-6,11H2,1H3. The van der Waals surface area contributed by atoms with E-state index in [1.807, 2.05) is 23.1 Å². The van der Waals surface area contributed by atoms with Crippen LogP contribution in [0, 0.1) is 6.92 Å². The number of aromatic nitrogens is 5. The van der Waals surface area contributed by atoms with Gasteiger partial charge in [0.15, 0.2) is 5.65 Å². The Kier molecular flexibility index (Phi) is 4.11. The van der Waals surface area contributed by atoms with E-state index in [0.717, 1.165) is 22.6 Å². The van der Waals surface area contributed by atoms with Crippen LogP contribution in [0.3, 0.4) is 0 Å². The third kappa shape index (κ3) is 2.96. The van der Waals surface area contributed by atoms with Gasteiger partial charge in [-0.15, -0.1) is 0 Å². The molecule has 0 radical (unpaired) electrons. The molecule has 0 atom stereocenters. The predicted octanol–water partition coefficient (Wildman–Crippen LogP) is 3.49. The predicted molar refractivity (Wildman–Crippen MR) is 92.9 cm³/mol. The van der Waals surface area contributed by atoms with Crippen LogP contribution in [0.4, 0.5) is 5.82 Å². The van der Waals surface area contributed by atoms with Crippen LogP contribution >= 0.6 is 0 Å². The van der Waals surface area contributed by atoms with Crippen molar-refractivity contribution in [3.05, 3.63) is 47.8 Å². The molecule has 1 saturated carbocycles. The topological polar surface area (TPSA) is 68.0 Å². The lowest BCUT2D eigenvalue weighted by Gasteiger charge is -2.22. The maximum absolute atomic E-state index is 4.91. The Bertz CT molecular complexity index is 820. The van der Waals surface area contributed by atoms with Crippen molar-refractivity contribution in [3.63, 3.8) is 0 Å². The van der Waals surface area contributed by atoms with Gasteiger partial charge < -0.3 is 5.32 Å². The van der Waals surface area contributed by atoms with Gasteiger partial charge in [-0.25, -0.2) is 15.0 Å². The average molecular weight is 322 g/mol. The molecule has 1 fully saturated rings. The largest absolute Gasteiger partial charge is 0.366 e. The van der Waals surface area contributed by atoms with Crippen LogP contribution in [0.1, 0.15) is 54.8 Å². The summed E-state index contributed by atoms with van der Waals surface area (Å²) in [5.74, 6) is 1.55. The van der Waals surface area contributed by atoms with Crippen molar-refractivity contribution >= 4 is 11.5 Å². The Morgan fingerprint density at radius 2 is 1.92 bits per heavy atom. The Hall–Kier alpha value is -2.50.